The Labute approximate surface area is 95.7 Å². The molecule has 3 aromatic rings. The van der Waals surface area contributed by atoms with Gasteiger partial charge in [0.2, 0.25) is 0 Å². The molecule has 0 saturated carbocycles. The van der Waals surface area contributed by atoms with Crippen molar-refractivity contribution in [1.82, 2.24) is 14.8 Å². The first-order valence-electron chi connectivity index (χ1n) is 5.06. The standard InChI is InChI=1S/C11H10N4O2/c1-15-8-3-2-6(4-9(8)17-11(15)16)7-5-10(12)14-13-7/h2-5H,1H3,(H3,12,13,14). The minimum absolute atomic E-state index is 0.374. The molecule has 1 aromatic carbocycles. The van der Waals surface area contributed by atoms with Crippen molar-refractivity contribution in [2.75, 3.05) is 5.73 Å². The summed E-state index contributed by atoms with van der Waals surface area (Å²) in [6.07, 6.45) is 0. The zero-order valence-corrected chi connectivity index (χ0v) is 9.10. The molecule has 86 valence electrons. The molecule has 2 heterocycles. The monoisotopic (exact) mass is 230 g/mol. The summed E-state index contributed by atoms with van der Waals surface area (Å²) >= 11 is 0. The van der Waals surface area contributed by atoms with Gasteiger partial charge in [-0.1, -0.05) is 6.07 Å². The first-order valence-corrected chi connectivity index (χ1v) is 5.06. The Balaban J connectivity index is 2.23. The summed E-state index contributed by atoms with van der Waals surface area (Å²) in [7, 11) is 1.67. The predicted molar refractivity (Wildman–Crippen MR) is 63.4 cm³/mol. The zero-order valence-electron chi connectivity index (χ0n) is 9.10. The average Bonchev–Trinajstić information content (AvgIpc) is 2.85. The van der Waals surface area contributed by atoms with Gasteiger partial charge in [0, 0.05) is 18.7 Å². The van der Waals surface area contributed by atoms with E-state index in [-0.39, 0.29) is 5.76 Å². The molecular formula is C11H10N4O2. The minimum Gasteiger partial charge on any atom is -0.408 e. The lowest BCUT2D eigenvalue weighted by atomic mass is 10.1. The molecule has 6 nitrogen and oxygen atoms in total. The molecular weight excluding hydrogens is 220 g/mol. The normalized spacial score (nSPS) is 11.1. The third-order valence-electron chi connectivity index (χ3n) is 2.70. The van der Waals surface area contributed by atoms with Crippen LogP contribution in [0.15, 0.2) is 33.5 Å². The summed E-state index contributed by atoms with van der Waals surface area (Å²) < 4.78 is 6.57. The highest BCUT2D eigenvalue weighted by atomic mass is 16.4. The smallest absolute Gasteiger partial charge is 0.408 e. The molecule has 0 spiro atoms. The van der Waals surface area contributed by atoms with Crippen molar-refractivity contribution in [2.24, 2.45) is 7.05 Å². The van der Waals surface area contributed by atoms with Crippen molar-refractivity contribution >= 4 is 16.9 Å². The van der Waals surface area contributed by atoms with Crippen LogP contribution in [0.2, 0.25) is 0 Å². The number of fused-ring (bicyclic) bond motifs is 1. The molecule has 0 fully saturated rings. The number of nitrogen functional groups attached to an aromatic ring is 1. The Morgan fingerprint density at radius 1 is 1.41 bits per heavy atom. The highest BCUT2D eigenvalue weighted by Crippen LogP contribution is 2.23. The molecule has 0 atom stereocenters. The highest BCUT2D eigenvalue weighted by molar-refractivity contribution is 5.79. The Kier molecular flexibility index (Phi) is 1.85. The number of benzene rings is 1. The summed E-state index contributed by atoms with van der Waals surface area (Å²) in [5.74, 6) is 0.0517. The van der Waals surface area contributed by atoms with E-state index >= 15 is 0 Å². The third-order valence-corrected chi connectivity index (χ3v) is 2.70. The Morgan fingerprint density at radius 2 is 2.24 bits per heavy atom. The van der Waals surface area contributed by atoms with Gasteiger partial charge >= 0.3 is 5.76 Å². The second-order valence-electron chi connectivity index (χ2n) is 3.82. The van der Waals surface area contributed by atoms with E-state index in [1.807, 2.05) is 12.1 Å². The molecule has 0 unspecified atom stereocenters. The SMILES string of the molecule is Cn1c(=O)oc2cc(-c3cc(N)n[nH]3)ccc21. The van der Waals surface area contributed by atoms with Gasteiger partial charge in [0.25, 0.3) is 0 Å². The number of anilines is 1. The quantitative estimate of drug-likeness (QED) is 0.655. The van der Waals surface area contributed by atoms with Gasteiger partial charge in [0.05, 0.1) is 11.2 Å². The van der Waals surface area contributed by atoms with Gasteiger partial charge in [-0.15, -0.1) is 0 Å². The van der Waals surface area contributed by atoms with Gasteiger partial charge in [-0.3, -0.25) is 9.67 Å². The lowest BCUT2D eigenvalue weighted by Gasteiger charge is -1.96. The molecule has 0 saturated heterocycles. The van der Waals surface area contributed by atoms with Crippen molar-refractivity contribution in [3.63, 3.8) is 0 Å². The van der Waals surface area contributed by atoms with Crippen LogP contribution in [0.1, 0.15) is 0 Å². The van der Waals surface area contributed by atoms with Crippen LogP contribution in [0.4, 0.5) is 5.82 Å². The predicted octanol–water partition coefficient (Wildman–Crippen LogP) is 1.10. The molecule has 17 heavy (non-hydrogen) atoms. The maximum atomic E-state index is 11.3. The van der Waals surface area contributed by atoms with E-state index in [0.29, 0.717) is 11.4 Å². The van der Waals surface area contributed by atoms with E-state index in [1.165, 1.54) is 4.57 Å². The molecule has 0 aliphatic carbocycles. The van der Waals surface area contributed by atoms with Gasteiger partial charge in [0.1, 0.15) is 5.82 Å². The van der Waals surface area contributed by atoms with Gasteiger partial charge in [-0.05, 0) is 12.1 Å². The third kappa shape index (κ3) is 1.42. The second-order valence-corrected chi connectivity index (χ2v) is 3.82. The van der Waals surface area contributed by atoms with Crippen LogP contribution in [0.5, 0.6) is 0 Å². The number of nitrogens with zero attached hydrogens (tertiary/aromatic N) is 2. The van der Waals surface area contributed by atoms with E-state index in [1.54, 1.807) is 19.2 Å². The molecule has 2 aromatic heterocycles. The first-order chi connectivity index (χ1) is 8.15. The fourth-order valence-electron chi connectivity index (χ4n) is 1.79. The Bertz CT molecular complexity index is 750. The van der Waals surface area contributed by atoms with Crippen molar-refractivity contribution in [2.45, 2.75) is 0 Å². The molecule has 0 aliphatic rings. The largest absolute Gasteiger partial charge is 0.419 e. The fraction of sp³-hybridized carbons (Fsp3) is 0.0909. The van der Waals surface area contributed by atoms with Crippen LogP contribution in [0.25, 0.3) is 22.4 Å². The molecule has 0 bridgehead atoms. The first kappa shape index (κ1) is 9.71. The number of oxazole rings is 1. The number of aryl methyl sites for hydroxylation is 1. The van der Waals surface area contributed by atoms with Crippen LogP contribution in [0, 0.1) is 0 Å². The topological polar surface area (TPSA) is 89.8 Å². The summed E-state index contributed by atoms with van der Waals surface area (Å²) in [4.78, 5) is 11.3. The average molecular weight is 230 g/mol. The maximum absolute atomic E-state index is 11.3. The van der Waals surface area contributed by atoms with Gasteiger partial charge in [-0.25, -0.2) is 4.79 Å². The van der Waals surface area contributed by atoms with E-state index < -0.39 is 0 Å². The second kappa shape index (κ2) is 3.24. The molecule has 3 N–H and O–H groups in total. The highest BCUT2D eigenvalue weighted by Gasteiger charge is 2.08. The number of nitrogens with one attached hydrogen (secondary N) is 1. The molecule has 0 radical (unpaired) electrons. The fourth-order valence-corrected chi connectivity index (χ4v) is 1.79. The van der Waals surface area contributed by atoms with Crippen LogP contribution in [-0.2, 0) is 7.05 Å². The van der Waals surface area contributed by atoms with Crippen molar-refractivity contribution in [3.8, 4) is 11.3 Å². The number of aromatic amines is 1. The number of hydrogen-bond donors (Lipinski definition) is 2. The number of nitrogens with two attached hydrogens (primary N) is 1. The summed E-state index contributed by atoms with van der Waals surface area (Å²) in [5, 5.41) is 6.66. The molecule has 6 heteroatoms. The summed E-state index contributed by atoms with van der Waals surface area (Å²) in [6.45, 7) is 0. The van der Waals surface area contributed by atoms with E-state index in [4.69, 9.17) is 10.2 Å². The van der Waals surface area contributed by atoms with Crippen LogP contribution in [-0.4, -0.2) is 14.8 Å². The Morgan fingerprint density at radius 3 is 2.94 bits per heavy atom. The maximum Gasteiger partial charge on any atom is 0.419 e. The van der Waals surface area contributed by atoms with Crippen molar-refractivity contribution in [1.29, 1.82) is 0 Å². The van der Waals surface area contributed by atoms with Crippen LogP contribution < -0.4 is 11.5 Å². The van der Waals surface area contributed by atoms with Gasteiger partial charge < -0.3 is 10.2 Å². The van der Waals surface area contributed by atoms with E-state index in [9.17, 15) is 4.79 Å². The Hall–Kier alpha value is -2.50. The van der Waals surface area contributed by atoms with Gasteiger partial charge in [0.15, 0.2) is 5.58 Å². The minimum atomic E-state index is -0.374. The van der Waals surface area contributed by atoms with E-state index in [0.717, 1.165) is 16.8 Å². The lowest BCUT2D eigenvalue weighted by Crippen LogP contribution is -2.08. The van der Waals surface area contributed by atoms with Crippen LogP contribution in [0.3, 0.4) is 0 Å². The summed E-state index contributed by atoms with van der Waals surface area (Å²) in [5.41, 5.74) is 8.50. The molecule has 0 amide bonds. The van der Waals surface area contributed by atoms with Crippen LogP contribution >= 0.6 is 0 Å². The van der Waals surface area contributed by atoms with Crippen molar-refractivity contribution in [3.05, 3.63) is 34.8 Å². The van der Waals surface area contributed by atoms with E-state index in [2.05, 4.69) is 10.2 Å². The zero-order chi connectivity index (χ0) is 12.0. The van der Waals surface area contributed by atoms with Crippen molar-refractivity contribution < 1.29 is 4.42 Å². The number of aromatic nitrogens is 3. The number of H-pyrrole nitrogens is 1. The lowest BCUT2D eigenvalue weighted by molar-refractivity contribution is 0.528. The molecule has 3 rings (SSSR count). The number of hydrogen-bond acceptors (Lipinski definition) is 4. The summed E-state index contributed by atoms with van der Waals surface area (Å²) in [6, 6.07) is 7.21. The number of rotatable bonds is 1. The molecule has 0 aliphatic heterocycles. The van der Waals surface area contributed by atoms with Gasteiger partial charge in [-0.2, -0.15) is 5.10 Å².